The van der Waals surface area contributed by atoms with Gasteiger partial charge in [0.2, 0.25) is 0 Å². The maximum Gasteiger partial charge on any atom is 0.160 e. The molecule has 1 aliphatic carbocycles. The lowest BCUT2D eigenvalue weighted by Gasteiger charge is -2.11. The van der Waals surface area contributed by atoms with Crippen molar-refractivity contribution in [2.24, 2.45) is 0 Å². The molecule has 14 heavy (non-hydrogen) atoms. The summed E-state index contributed by atoms with van der Waals surface area (Å²) in [5.74, 6) is 0.621. The summed E-state index contributed by atoms with van der Waals surface area (Å²) in [6, 6.07) is 7.92. The van der Waals surface area contributed by atoms with Crippen LogP contribution in [0.4, 0.5) is 0 Å². The summed E-state index contributed by atoms with van der Waals surface area (Å²) in [6.45, 7) is 1.64. The van der Waals surface area contributed by atoms with Crippen LogP contribution in [0.2, 0.25) is 0 Å². The highest BCUT2D eigenvalue weighted by atomic mass is 16.1. The van der Waals surface area contributed by atoms with Gasteiger partial charge in [0.1, 0.15) is 0 Å². The van der Waals surface area contributed by atoms with E-state index in [0.717, 1.165) is 18.4 Å². The minimum Gasteiger partial charge on any atom is -0.295 e. The van der Waals surface area contributed by atoms with Crippen LogP contribution in [0.5, 0.6) is 0 Å². The summed E-state index contributed by atoms with van der Waals surface area (Å²) in [6.07, 6.45) is 6.69. The second-order valence-electron chi connectivity index (χ2n) is 3.76. The molecule has 0 N–H and O–H groups in total. The second kappa shape index (κ2) is 3.79. The number of ketones is 1. The number of Topliss-reactive ketones (excluding diaryl/α,β-unsaturated/α-hetero) is 1. The van der Waals surface area contributed by atoms with Gasteiger partial charge >= 0.3 is 0 Å². The molecule has 0 amide bonds. The molecule has 0 aromatic heterocycles. The van der Waals surface area contributed by atoms with Gasteiger partial charge in [-0.15, -0.1) is 0 Å². The summed E-state index contributed by atoms with van der Waals surface area (Å²) in [4.78, 5) is 11.4. The fourth-order valence-corrected chi connectivity index (χ4v) is 2.03. The molecule has 0 heterocycles. The lowest BCUT2D eigenvalue weighted by molar-refractivity contribution is 0.101. The Morgan fingerprint density at radius 2 is 2.14 bits per heavy atom. The van der Waals surface area contributed by atoms with E-state index < -0.39 is 0 Å². The van der Waals surface area contributed by atoms with Crippen LogP contribution in [-0.2, 0) is 0 Å². The van der Waals surface area contributed by atoms with Crippen LogP contribution < -0.4 is 0 Å². The van der Waals surface area contributed by atoms with Crippen molar-refractivity contribution in [1.29, 1.82) is 0 Å². The smallest absolute Gasteiger partial charge is 0.160 e. The van der Waals surface area contributed by atoms with E-state index in [1.54, 1.807) is 6.92 Å². The topological polar surface area (TPSA) is 17.1 Å². The Bertz CT molecular complexity index is 377. The SMILES string of the molecule is CC(=O)c1ccccc1C1C=CCC1. The monoisotopic (exact) mass is 186 g/mol. The van der Waals surface area contributed by atoms with Crippen molar-refractivity contribution in [2.75, 3.05) is 0 Å². The van der Waals surface area contributed by atoms with Gasteiger partial charge in [-0.2, -0.15) is 0 Å². The largest absolute Gasteiger partial charge is 0.295 e. The van der Waals surface area contributed by atoms with Crippen LogP contribution >= 0.6 is 0 Å². The first-order valence-electron chi connectivity index (χ1n) is 5.05. The van der Waals surface area contributed by atoms with Gasteiger partial charge in [-0.1, -0.05) is 36.4 Å². The molecule has 1 aliphatic rings. The Labute approximate surface area is 84.5 Å². The molecule has 1 aromatic rings. The third-order valence-corrected chi connectivity index (χ3v) is 2.75. The Hall–Kier alpha value is -1.37. The zero-order valence-electron chi connectivity index (χ0n) is 8.36. The van der Waals surface area contributed by atoms with E-state index in [2.05, 4.69) is 18.2 Å². The zero-order valence-corrected chi connectivity index (χ0v) is 8.36. The lowest BCUT2D eigenvalue weighted by Crippen LogP contribution is -2.02. The number of hydrogen-bond acceptors (Lipinski definition) is 1. The molecule has 1 atom stereocenters. The Morgan fingerprint density at radius 1 is 1.36 bits per heavy atom. The van der Waals surface area contributed by atoms with Gasteiger partial charge in [0, 0.05) is 11.5 Å². The third-order valence-electron chi connectivity index (χ3n) is 2.75. The van der Waals surface area contributed by atoms with Crippen molar-refractivity contribution in [2.45, 2.75) is 25.7 Å². The number of benzene rings is 1. The number of carbonyl (C=O) groups is 1. The molecule has 0 radical (unpaired) electrons. The first-order valence-corrected chi connectivity index (χ1v) is 5.05. The minimum atomic E-state index is 0.167. The van der Waals surface area contributed by atoms with Gasteiger partial charge in [-0.3, -0.25) is 4.79 Å². The van der Waals surface area contributed by atoms with Gasteiger partial charge in [0.15, 0.2) is 5.78 Å². The van der Waals surface area contributed by atoms with Crippen LogP contribution in [0, 0.1) is 0 Å². The van der Waals surface area contributed by atoms with Crippen molar-refractivity contribution < 1.29 is 4.79 Å². The summed E-state index contributed by atoms with van der Waals surface area (Å²) in [5, 5.41) is 0. The highest BCUT2D eigenvalue weighted by molar-refractivity contribution is 5.95. The molecular weight excluding hydrogens is 172 g/mol. The minimum absolute atomic E-state index is 0.167. The van der Waals surface area contributed by atoms with Gasteiger partial charge in [-0.05, 0) is 25.3 Å². The molecule has 0 saturated heterocycles. The molecule has 1 unspecified atom stereocenters. The van der Waals surface area contributed by atoms with Crippen LogP contribution in [-0.4, -0.2) is 5.78 Å². The summed E-state index contributed by atoms with van der Waals surface area (Å²) < 4.78 is 0. The van der Waals surface area contributed by atoms with Crippen molar-refractivity contribution >= 4 is 5.78 Å². The van der Waals surface area contributed by atoms with Crippen LogP contribution in [0.25, 0.3) is 0 Å². The van der Waals surface area contributed by atoms with E-state index in [4.69, 9.17) is 0 Å². The number of rotatable bonds is 2. The molecule has 0 aliphatic heterocycles. The van der Waals surface area contributed by atoms with Gasteiger partial charge < -0.3 is 0 Å². The standard InChI is InChI=1S/C13H14O/c1-10(14)12-8-4-5-9-13(12)11-6-2-3-7-11/h2,4-6,8-9,11H,3,7H2,1H3. The maximum absolute atomic E-state index is 11.4. The van der Waals surface area contributed by atoms with Crippen LogP contribution in [0.3, 0.4) is 0 Å². The normalized spacial score (nSPS) is 19.9. The van der Waals surface area contributed by atoms with Crippen molar-refractivity contribution in [3.05, 3.63) is 47.5 Å². The molecule has 0 bridgehead atoms. The predicted octanol–water partition coefficient (Wildman–Crippen LogP) is 3.32. The fourth-order valence-electron chi connectivity index (χ4n) is 2.03. The Kier molecular flexibility index (Phi) is 2.49. The summed E-state index contributed by atoms with van der Waals surface area (Å²) >= 11 is 0. The van der Waals surface area contributed by atoms with E-state index in [-0.39, 0.29) is 5.78 Å². The molecule has 1 heteroatoms. The maximum atomic E-state index is 11.4. The Balaban J connectivity index is 2.40. The summed E-state index contributed by atoms with van der Waals surface area (Å²) in [5.41, 5.74) is 2.07. The van der Waals surface area contributed by atoms with E-state index in [1.165, 1.54) is 5.56 Å². The number of allylic oxidation sites excluding steroid dienone is 2. The first-order chi connectivity index (χ1) is 6.79. The first kappa shape index (κ1) is 9.20. The third kappa shape index (κ3) is 1.63. The van der Waals surface area contributed by atoms with E-state index >= 15 is 0 Å². The van der Waals surface area contributed by atoms with Gasteiger partial charge in [0.25, 0.3) is 0 Å². The summed E-state index contributed by atoms with van der Waals surface area (Å²) in [7, 11) is 0. The molecule has 2 rings (SSSR count). The van der Waals surface area contributed by atoms with Gasteiger partial charge in [0.05, 0.1) is 0 Å². The molecule has 0 saturated carbocycles. The fraction of sp³-hybridized carbons (Fsp3) is 0.308. The Morgan fingerprint density at radius 3 is 2.79 bits per heavy atom. The highest BCUT2D eigenvalue weighted by Gasteiger charge is 2.16. The zero-order chi connectivity index (χ0) is 9.97. The second-order valence-corrected chi connectivity index (χ2v) is 3.76. The predicted molar refractivity (Wildman–Crippen MR) is 57.6 cm³/mol. The quantitative estimate of drug-likeness (QED) is 0.511. The number of hydrogen-bond donors (Lipinski definition) is 0. The van der Waals surface area contributed by atoms with E-state index in [9.17, 15) is 4.79 Å². The molecule has 1 aromatic carbocycles. The van der Waals surface area contributed by atoms with Crippen molar-refractivity contribution in [3.63, 3.8) is 0 Å². The highest BCUT2D eigenvalue weighted by Crippen LogP contribution is 2.30. The van der Waals surface area contributed by atoms with E-state index in [1.807, 2.05) is 18.2 Å². The molecule has 0 fully saturated rings. The molecular formula is C13H14O. The van der Waals surface area contributed by atoms with Gasteiger partial charge in [-0.25, -0.2) is 0 Å². The van der Waals surface area contributed by atoms with Crippen molar-refractivity contribution in [3.8, 4) is 0 Å². The number of carbonyl (C=O) groups excluding carboxylic acids is 1. The van der Waals surface area contributed by atoms with E-state index in [0.29, 0.717) is 5.92 Å². The average molecular weight is 186 g/mol. The van der Waals surface area contributed by atoms with Crippen LogP contribution in [0.1, 0.15) is 41.6 Å². The molecule has 72 valence electrons. The van der Waals surface area contributed by atoms with Crippen molar-refractivity contribution in [1.82, 2.24) is 0 Å². The lowest BCUT2D eigenvalue weighted by atomic mass is 9.92. The average Bonchev–Trinajstić information content (AvgIpc) is 2.70. The molecule has 1 nitrogen and oxygen atoms in total. The van der Waals surface area contributed by atoms with Crippen LogP contribution in [0.15, 0.2) is 36.4 Å². The molecule has 0 spiro atoms.